The van der Waals surface area contributed by atoms with Crippen molar-refractivity contribution in [1.82, 2.24) is 0 Å². The molecule has 0 bridgehead atoms. The maximum atomic E-state index is 10.4. The minimum Gasteiger partial charge on any atom is -0.384 e. The Morgan fingerprint density at radius 3 is 2.69 bits per heavy atom. The summed E-state index contributed by atoms with van der Waals surface area (Å²) in [4.78, 5) is 0. The van der Waals surface area contributed by atoms with Gasteiger partial charge in [0.15, 0.2) is 0 Å². The summed E-state index contributed by atoms with van der Waals surface area (Å²) >= 11 is 0. The van der Waals surface area contributed by atoms with Crippen molar-refractivity contribution in [3.8, 4) is 0 Å². The van der Waals surface area contributed by atoms with Crippen molar-refractivity contribution in [2.75, 3.05) is 6.54 Å². The molecule has 0 aromatic rings. The lowest BCUT2D eigenvalue weighted by Gasteiger charge is -2.31. The van der Waals surface area contributed by atoms with Crippen LogP contribution in [0.1, 0.15) is 38.5 Å². The van der Waals surface area contributed by atoms with Crippen molar-refractivity contribution in [3.05, 3.63) is 11.6 Å². The zero-order chi connectivity index (χ0) is 9.31. The first kappa shape index (κ1) is 9.22. The molecule has 0 aliphatic heterocycles. The van der Waals surface area contributed by atoms with Crippen molar-refractivity contribution < 1.29 is 5.11 Å². The largest absolute Gasteiger partial charge is 0.384 e. The normalized spacial score (nSPS) is 28.0. The summed E-state index contributed by atoms with van der Waals surface area (Å²) < 4.78 is 0. The lowest BCUT2D eigenvalue weighted by atomic mass is 9.82. The van der Waals surface area contributed by atoms with E-state index in [4.69, 9.17) is 5.73 Å². The first-order chi connectivity index (χ1) is 6.27. The maximum Gasteiger partial charge on any atom is 0.101 e. The van der Waals surface area contributed by atoms with Crippen LogP contribution in [-0.4, -0.2) is 17.3 Å². The van der Waals surface area contributed by atoms with Crippen LogP contribution in [0.5, 0.6) is 0 Å². The summed E-state index contributed by atoms with van der Waals surface area (Å²) in [5, 5.41) is 10.4. The molecule has 1 fully saturated rings. The molecule has 0 amide bonds. The minimum atomic E-state index is -0.638. The summed E-state index contributed by atoms with van der Waals surface area (Å²) in [6, 6.07) is 0. The quantitative estimate of drug-likeness (QED) is 0.649. The van der Waals surface area contributed by atoms with Gasteiger partial charge in [0.25, 0.3) is 0 Å². The highest BCUT2D eigenvalue weighted by Gasteiger charge is 2.45. The van der Waals surface area contributed by atoms with E-state index in [-0.39, 0.29) is 0 Å². The molecule has 0 aromatic carbocycles. The van der Waals surface area contributed by atoms with Gasteiger partial charge in [-0.2, -0.15) is 0 Å². The molecule has 1 saturated carbocycles. The summed E-state index contributed by atoms with van der Waals surface area (Å²) in [5.41, 5.74) is 6.28. The van der Waals surface area contributed by atoms with E-state index in [1.54, 1.807) is 0 Å². The highest BCUT2D eigenvalue weighted by molar-refractivity contribution is 5.23. The summed E-state index contributed by atoms with van der Waals surface area (Å²) in [7, 11) is 0. The third-order valence-electron chi connectivity index (χ3n) is 3.41. The Bertz CT molecular complexity index is 220. The molecule has 0 saturated heterocycles. The molecular formula is C11H19NO. The van der Waals surface area contributed by atoms with Crippen LogP contribution < -0.4 is 5.73 Å². The van der Waals surface area contributed by atoms with Gasteiger partial charge in [-0.3, -0.25) is 0 Å². The van der Waals surface area contributed by atoms with Crippen molar-refractivity contribution in [2.45, 2.75) is 44.1 Å². The molecular weight excluding hydrogens is 162 g/mol. The van der Waals surface area contributed by atoms with E-state index < -0.39 is 5.60 Å². The van der Waals surface area contributed by atoms with E-state index in [1.807, 2.05) is 0 Å². The molecule has 0 radical (unpaired) electrons. The van der Waals surface area contributed by atoms with Gasteiger partial charge in [0, 0.05) is 6.54 Å². The molecule has 2 nitrogen and oxygen atoms in total. The average molecular weight is 181 g/mol. The fraction of sp³-hybridized carbons (Fsp3) is 0.818. The number of hydrogen-bond acceptors (Lipinski definition) is 2. The van der Waals surface area contributed by atoms with Crippen LogP contribution in [0.15, 0.2) is 11.6 Å². The van der Waals surface area contributed by atoms with E-state index in [0.29, 0.717) is 12.5 Å². The second-order valence-corrected chi connectivity index (χ2v) is 4.38. The molecule has 2 rings (SSSR count). The summed E-state index contributed by atoms with van der Waals surface area (Å²) in [5.74, 6) is 0.460. The Kier molecular flexibility index (Phi) is 2.43. The Hall–Kier alpha value is -0.340. The van der Waals surface area contributed by atoms with Gasteiger partial charge in [-0.25, -0.2) is 0 Å². The van der Waals surface area contributed by atoms with Crippen molar-refractivity contribution in [3.63, 3.8) is 0 Å². The fourth-order valence-electron chi connectivity index (χ4n) is 2.35. The monoisotopic (exact) mass is 181 g/mol. The van der Waals surface area contributed by atoms with Gasteiger partial charge in [0.05, 0.1) is 0 Å². The van der Waals surface area contributed by atoms with Gasteiger partial charge in [-0.05, 0) is 50.0 Å². The summed E-state index contributed by atoms with van der Waals surface area (Å²) in [6.07, 6.45) is 9.22. The van der Waals surface area contributed by atoms with Crippen LogP contribution >= 0.6 is 0 Å². The molecule has 2 aliphatic carbocycles. The van der Waals surface area contributed by atoms with Crippen LogP contribution in [0.2, 0.25) is 0 Å². The van der Waals surface area contributed by atoms with Crippen LogP contribution in [0.25, 0.3) is 0 Å². The molecule has 0 aromatic heterocycles. The van der Waals surface area contributed by atoms with E-state index in [1.165, 1.54) is 18.4 Å². The molecule has 0 heterocycles. The fourth-order valence-corrected chi connectivity index (χ4v) is 2.35. The number of hydrogen-bond donors (Lipinski definition) is 2. The minimum absolute atomic E-state index is 0.406. The maximum absolute atomic E-state index is 10.4. The van der Waals surface area contributed by atoms with Gasteiger partial charge in [-0.15, -0.1) is 0 Å². The molecule has 2 aliphatic rings. The zero-order valence-corrected chi connectivity index (χ0v) is 8.13. The number of aliphatic hydroxyl groups is 1. The molecule has 3 N–H and O–H groups in total. The van der Waals surface area contributed by atoms with Crippen LogP contribution in [0.3, 0.4) is 0 Å². The van der Waals surface area contributed by atoms with Crippen molar-refractivity contribution in [1.29, 1.82) is 0 Å². The van der Waals surface area contributed by atoms with E-state index in [2.05, 4.69) is 6.08 Å². The van der Waals surface area contributed by atoms with E-state index in [9.17, 15) is 5.11 Å². The van der Waals surface area contributed by atoms with Crippen LogP contribution in [0, 0.1) is 5.92 Å². The van der Waals surface area contributed by atoms with E-state index in [0.717, 1.165) is 25.7 Å². The highest BCUT2D eigenvalue weighted by atomic mass is 16.3. The molecule has 74 valence electrons. The third-order valence-corrected chi connectivity index (χ3v) is 3.41. The SMILES string of the molecule is NCC(O)(C1=CCCCC1)C1CC1. The Morgan fingerprint density at radius 1 is 1.46 bits per heavy atom. The van der Waals surface area contributed by atoms with Gasteiger partial charge in [0.1, 0.15) is 5.60 Å². The van der Waals surface area contributed by atoms with Gasteiger partial charge < -0.3 is 10.8 Å². The van der Waals surface area contributed by atoms with Crippen LogP contribution in [-0.2, 0) is 0 Å². The molecule has 2 heteroatoms. The van der Waals surface area contributed by atoms with Crippen molar-refractivity contribution >= 4 is 0 Å². The second-order valence-electron chi connectivity index (χ2n) is 4.38. The predicted molar refractivity (Wildman–Crippen MR) is 53.3 cm³/mol. The lowest BCUT2D eigenvalue weighted by Crippen LogP contribution is -2.42. The molecule has 1 atom stereocenters. The average Bonchev–Trinajstić information content (AvgIpc) is 3.02. The topological polar surface area (TPSA) is 46.2 Å². The van der Waals surface area contributed by atoms with Gasteiger partial charge in [0.2, 0.25) is 0 Å². The Balaban J connectivity index is 2.13. The lowest BCUT2D eigenvalue weighted by molar-refractivity contribution is 0.0587. The predicted octanol–water partition coefficient (Wildman–Crippen LogP) is 1.59. The third kappa shape index (κ3) is 1.65. The smallest absolute Gasteiger partial charge is 0.101 e. The summed E-state index contributed by atoms with van der Waals surface area (Å²) in [6.45, 7) is 0.406. The number of rotatable bonds is 3. The van der Waals surface area contributed by atoms with Gasteiger partial charge >= 0.3 is 0 Å². The first-order valence-electron chi connectivity index (χ1n) is 5.39. The van der Waals surface area contributed by atoms with Crippen LogP contribution in [0.4, 0.5) is 0 Å². The molecule has 0 spiro atoms. The highest BCUT2D eigenvalue weighted by Crippen LogP contribution is 2.45. The zero-order valence-electron chi connectivity index (χ0n) is 8.13. The number of allylic oxidation sites excluding steroid dienone is 1. The first-order valence-corrected chi connectivity index (χ1v) is 5.39. The standard InChI is InChI=1S/C11H19NO/c12-8-11(13,10-6-7-10)9-4-2-1-3-5-9/h4,10,13H,1-3,5-8,12H2. The van der Waals surface area contributed by atoms with E-state index >= 15 is 0 Å². The van der Waals surface area contributed by atoms with Gasteiger partial charge in [-0.1, -0.05) is 6.08 Å². The number of nitrogens with two attached hydrogens (primary N) is 1. The second kappa shape index (κ2) is 3.43. The Labute approximate surface area is 79.8 Å². The Morgan fingerprint density at radius 2 is 2.23 bits per heavy atom. The van der Waals surface area contributed by atoms with Crippen molar-refractivity contribution in [2.24, 2.45) is 11.7 Å². The molecule has 1 unspecified atom stereocenters. The molecule has 13 heavy (non-hydrogen) atoms.